The van der Waals surface area contributed by atoms with Crippen LogP contribution in [0.15, 0.2) is 30.5 Å². The van der Waals surface area contributed by atoms with Crippen molar-refractivity contribution in [2.75, 3.05) is 11.9 Å². The zero-order valence-electron chi connectivity index (χ0n) is 15.0. The van der Waals surface area contributed by atoms with E-state index in [1.807, 2.05) is 31.2 Å². The second-order valence-electron chi connectivity index (χ2n) is 6.48. The fraction of sp³-hybridized carbons (Fsp3) is 0.316. The highest BCUT2D eigenvalue weighted by atomic mass is 32.2. The molecule has 140 valence electrons. The normalized spacial score (nSPS) is 12.9. The van der Waals surface area contributed by atoms with Gasteiger partial charge < -0.3 is 15.6 Å². The smallest absolute Gasteiger partial charge is 0.258 e. The molecule has 27 heavy (non-hydrogen) atoms. The van der Waals surface area contributed by atoms with E-state index in [9.17, 15) is 9.59 Å². The van der Waals surface area contributed by atoms with Gasteiger partial charge in [0.25, 0.3) is 5.91 Å². The van der Waals surface area contributed by atoms with Crippen molar-refractivity contribution in [3.8, 4) is 0 Å². The Morgan fingerprint density at radius 1 is 1.30 bits per heavy atom. The Labute approximate surface area is 160 Å². The lowest BCUT2D eigenvalue weighted by Gasteiger charge is -2.11. The fourth-order valence-electron chi connectivity index (χ4n) is 3.21. The monoisotopic (exact) mass is 383 g/mol. The number of aromatic amines is 1. The van der Waals surface area contributed by atoms with E-state index >= 15 is 0 Å². The van der Waals surface area contributed by atoms with E-state index in [1.54, 1.807) is 22.6 Å². The molecule has 0 fully saturated rings. The average Bonchev–Trinajstić information content (AvgIpc) is 3.36. The minimum absolute atomic E-state index is 0.0984. The molecule has 3 heterocycles. The van der Waals surface area contributed by atoms with E-state index in [0.29, 0.717) is 17.9 Å². The van der Waals surface area contributed by atoms with Crippen molar-refractivity contribution in [2.45, 2.75) is 31.4 Å². The highest BCUT2D eigenvalue weighted by Crippen LogP contribution is 2.35. The number of hydrogen-bond acceptors (Lipinski definition) is 4. The van der Waals surface area contributed by atoms with Crippen molar-refractivity contribution in [3.05, 3.63) is 47.3 Å². The van der Waals surface area contributed by atoms with E-state index in [0.717, 1.165) is 40.1 Å². The van der Waals surface area contributed by atoms with Gasteiger partial charge in [-0.05, 0) is 12.5 Å². The zero-order chi connectivity index (χ0) is 18.8. The van der Waals surface area contributed by atoms with Crippen LogP contribution in [0, 0.1) is 0 Å². The lowest BCUT2D eigenvalue weighted by molar-refractivity contribution is -0.121. The van der Waals surface area contributed by atoms with Crippen LogP contribution in [0.2, 0.25) is 0 Å². The predicted octanol–water partition coefficient (Wildman–Crippen LogP) is 2.89. The van der Waals surface area contributed by atoms with Crippen LogP contribution in [0.4, 0.5) is 5.82 Å². The molecule has 2 aromatic heterocycles. The van der Waals surface area contributed by atoms with E-state index in [2.05, 4.69) is 20.7 Å². The number of benzene rings is 1. The van der Waals surface area contributed by atoms with Gasteiger partial charge in [0.1, 0.15) is 12.4 Å². The number of fused-ring (bicyclic) bond motifs is 2. The highest BCUT2D eigenvalue weighted by molar-refractivity contribution is 7.98. The first-order valence-corrected chi connectivity index (χ1v) is 10.1. The number of nitrogens with one attached hydrogen (secondary N) is 3. The Bertz CT molecular complexity index is 1010. The molecular weight excluding hydrogens is 362 g/mol. The van der Waals surface area contributed by atoms with E-state index in [4.69, 9.17) is 0 Å². The Hall–Kier alpha value is -2.74. The maximum Gasteiger partial charge on any atom is 0.258 e. The molecule has 0 bridgehead atoms. The maximum atomic E-state index is 12.9. The Morgan fingerprint density at radius 2 is 2.15 bits per heavy atom. The van der Waals surface area contributed by atoms with Gasteiger partial charge in [-0.2, -0.15) is 16.9 Å². The van der Waals surface area contributed by atoms with Crippen molar-refractivity contribution in [3.63, 3.8) is 0 Å². The minimum atomic E-state index is -0.206. The number of carbonyl (C=O) groups excluding carboxylic acids is 2. The summed E-state index contributed by atoms with van der Waals surface area (Å²) in [5, 5.41) is 11.3. The third-order valence-corrected chi connectivity index (χ3v) is 5.52. The highest BCUT2D eigenvalue weighted by Gasteiger charge is 2.25. The van der Waals surface area contributed by atoms with Gasteiger partial charge in [0.2, 0.25) is 5.91 Å². The van der Waals surface area contributed by atoms with Crippen molar-refractivity contribution in [1.82, 2.24) is 20.1 Å². The van der Waals surface area contributed by atoms with Crippen LogP contribution in [-0.4, -0.2) is 33.1 Å². The molecule has 0 aliphatic carbocycles. The van der Waals surface area contributed by atoms with E-state index < -0.39 is 0 Å². The van der Waals surface area contributed by atoms with E-state index in [1.165, 1.54) is 0 Å². The number of carbonyl (C=O) groups is 2. The number of thioether (sulfide) groups is 1. The first kappa shape index (κ1) is 17.7. The summed E-state index contributed by atoms with van der Waals surface area (Å²) in [5.74, 6) is 1.90. The van der Waals surface area contributed by atoms with Crippen LogP contribution in [0.1, 0.15) is 35.0 Å². The first-order chi connectivity index (χ1) is 13.2. The van der Waals surface area contributed by atoms with Crippen molar-refractivity contribution in [1.29, 1.82) is 0 Å². The second-order valence-corrected chi connectivity index (χ2v) is 7.46. The summed E-state index contributed by atoms with van der Waals surface area (Å²) in [7, 11) is 0. The molecule has 0 saturated carbocycles. The van der Waals surface area contributed by atoms with Gasteiger partial charge in [-0.1, -0.05) is 25.1 Å². The van der Waals surface area contributed by atoms with Crippen LogP contribution < -0.4 is 10.6 Å². The van der Waals surface area contributed by atoms with Gasteiger partial charge in [-0.15, -0.1) is 0 Å². The lowest BCUT2D eigenvalue weighted by Crippen LogP contribution is -2.29. The topological polar surface area (TPSA) is 91.8 Å². The summed E-state index contributed by atoms with van der Waals surface area (Å²) in [5.41, 5.74) is 3.44. The fourth-order valence-corrected chi connectivity index (χ4v) is 4.25. The van der Waals surface area contributed by atoms with Crippen molar-refractivity contribution < 1.29 is 9.59 Å². The number of hydrogen-bond donors (Lipinski definition) is 3. The molecule has 0 unspecified atom stereocenters. The van der Waals surface area contributed by atoms with Gasteiger partial charge >= 0.3 is 0 Å². The molecule has 4 rings (SSSR count). The number of amides is 2. The summed E-state index contributed by atoms with van der Waals surface area (Å²) >= 11 is 1.76. The molecule has 1 aromatic carbocycles. The molecule has 8 heteroatoms. The molecule has 0 atom stereocenters. The largest absolute Gasteiger partial charge is 0.360 e. The molecule has 2 amide bonds. The number of rotatable bonds is 6. The van der Waals surface area contributed by atoms with Crippen molar-refractivity contribution in [2.24, 2.45) is 0 Å². The third kappa shape index (κ3) is 3.44. The van der Waals surface area contributed by atoms with Crippen LogP contribution in [0.3, 0.4) is 0 Å². The average molecular weight is 383 g/mol. The molecule has 0 spiro atoms. The maximum absolute atomic E-state index is 12.9. The van der Waals surface area contributed by atoms with Crippen LogP contribution in [0.25, 0.3) is 10.9 Å². The number of anilines is 1. The second kappa shape index (κ2) is 7.48. The summed E-state index contributed by atoms with van der Waals surface area (Å²) < 4.78 is 1.61. The standard InChI is InChI=1S/C19H21N5O2S/c1-2-7-20-17(25)9-24-18(14-10-27-11-16(14)23-24)22-19(26)13-8-21-15-6-4-3-5-12(13)15/h3-6,8,21H,2,7,9-11H2,1H3,(H,20,25)(H,22,26). The van der Waals surface area contributed by atoms with Gasteiger partial charge in [-0.25, -0.2) is 4.68 Å². The number of aromatic nitrogens is 3. The SMILES string of the molecule is CCCNC(=O)Cn1nc2c(c1NC(=O)c1c[nH]c3ccccc13)CSC2. The number of para-hydroxylation sites is 1. The summed E-state index contributed by atoms with van der Waals surface area (Å²) in [6.45, 7) is 2.74. The first-order valence-electron chi connectivity index (χ1n) is 8.98. The van der Waals surface area contributed by atoms with Gasteiger partial charge in [0.05, 0.1) is 11.3 Å². The van der Waals surface area contributed by atoms with E-state index in [-0.39, 0.29) is 18.4 Å². The van der Waals surface area contributed by atoms with Crippen LogP contribution >= 0.6 is 11.8 Å². The van der Waals surface area contributed by atoms with Crippen LogP contribution in [0.5, 0.6) is 0 Å². The van der Waals surface area contributed by atoms with Gasteiger partial charge in [0.15, 0.2) is 0 Å². The predicted molar refractivity (Wildman–Crippen MR) is 107 cm³/mol. The molecule has 1 aliphatic heterocycles. The Kier molecular flexibility index (Phi) is 4.89. The Morgan fingerprint density at radius 3 is 3.00 bits per heavy atom. The molecular formula is C19H21N5O2S. The number of nitrogens with zero attached hydrogens (tertiary/aromatic N) is 2. The molecule has 0 radical (unpaired) electrons. The molecule has 0 saturated heterocycles. The number of H-pyrrole nitrogens is 1. The Balaban J connectivity index is 1.61. The summed E-state index contributed by atoms with van der Waals surface area (Å²) in [4.78, 5) is 28.2. The van der Waals surface area contributed by atoms with Crippen molar-refractivity contribution >= 4 is 40.3 Å². The molecule has 3 aromatic rings. The van der Waals surface area contributed by atoms with Gasteiger partial charge in [0, 0.05) is 40.7 Å². The van der Waals surface area contributed by atoms with Gasteiger partial charge in [-0.3, -0.25) is 9.59 Å². The summed E-state index contributed by atoms with van der Waals surface area (Å²) in [6, 6.07) is 7.68. The minimum Gasteiger partial charge on any atom is -0.360 e. The zero-order valence-corrected chi connectivity index (χ0v) is 15.9. The summed E-state index contributed by atoms with van der Waals surface area (Å²) in [6.07, 6.45) is 2.59. The molecule has 3 N–H and O–H groups in total. The lowest BCUT2D eigenvalue weighted by atomic mass is 10.1. The molecule has 7 nitrogen and oxygen atoms in total. The van der Waals surface area contributed by atoms with Crippen LogP contribution in [-0.2, 0) is 22.8 Å². The quantitative estimate of drug-likeness (QED) is 0.610. The third-order valence-electron chi connectivity index (χ3n) is 4.55. The molecule has 1 aliphatic rings.